The van der Waals surface area contributed by atoms with Crippen molar-refractivity contribution < 1.29 is 0 Å². The Balaban J connectivity index is 0.000000606. The van der Waals surface area contributed by atoms with Crippen LogP contribution in [0.4, 0.5) is 5.82 Å². The number of nitrogens with zero attached hydrogens (tertiary/aromatic N) is 3. The van der Waals surface area contributed by atoms with Gasteiger partial charge in [0.05, 0.1) is 5.52 Å². The topological polar surface area (TPSA) is 29.0 Å². The fourth-order valence-electron chi connectivity index (χ4n) is 1.51. The van der Waals surface area contributed by atoms with Crippen LogP contribution >= 0.6 is 0 Å². The minimum absolute atomic E-state index is 0.812. The first-order valence-electron chi connectivity index (χ1n) is 5.59. The second-order valence-corrected chi connectivity index (χ2v) is 3.51. The summed E-state index contributed by atoms with van der Waals surface area (Å²) in [7, 11) is 3.99. The monoisotopic (exact) mass is 217 g/mol. The van der Waals surface area contributed by atoms with E-state index < -0.39 is 0 Å². The molecule has 1 heterocycles. The summed E-state index contributed by atoms with van der Waals surface area (Å²) in [6, 6.07) is 8.06. The molecule has 0 N–H and O–H groups in total. The summed E-state index contributed by atoms with van der Waals surface area (Å²) < 4.78 is 0. The van der Waals surface area contributed by atoms with Crippen molar-refractivity contribution in [3.05, 3.63) is 30.1 Å². The van der Waals surface area contributed by atoms with E-state index in [9.17, 15) is 0 Å². The lowest BCUT2D eigenvalue weighted by Crippen LogP contribution is -2.12. The highest BCUT2D eigenvalue weighted by atomic mass is 15.1. The molecule has 2 aromatic rings. The standard InChI is InChI=1S/C11H13N3.C2H6/c1-8-12-10-7-5-4-6-9(10)11(13-8)14(2)3;1-2/h4-7H,1-3H3;1-2H3. The number of fused-ring (bicyclic) bond motifs is 1. The van der Waals surface area contributed by atoms with E-state index in [0.29, 0.717) is 0 Å². The molecule has 0 saturated heterocycles. The molecule has 0 atom stereocenters. The van der Waals surface area contributed by atoms with Crippen LogP contribution in [0, 0.1) is 6.92 Å². The van der Waals surface area contributed by atoms with Gasteiger partial charge in [-0.05, 0) is 19.1 Å². The summed E-state index contributed by atoms with van der Waals surface area (Å²) in [6.07, 6.45) is 0. The zero-order valence-electron chi connectivity index (χ0n) is 10.7. The number of benzene rings is 1. The fraction of sp³-hybridized carbons (Fsp3) is 0.385. The molecule has 3 heteroatoms. The lowest BCUT2D eigenvalue weighted by Gasteiger charge is -2.14. The number of aryl methyl sites for hydroxylation is 1. The smallest absolute Gasteiger partial charge is 0.139 e. The zero-order valence-corrected chi connectivity index (χ0v) is 10.7. The summed E-state index contributed by atoms with van der Waals surface area (Å²) in [5.41, 5.74) is 1.00. The van der Waals surface area contributed by atoms with E-state index in [4.69, 9.17) is 0 Å². The molecular weight excluding hydrogens is 198 g/mol. The van der Waals surface area contributed by atoms with E-state index in [1.54, 1.807) is 0 Å². The van der Waals surface area contributed by atoms with Crippen LogP contribution in [0.25, 0.3) is 10.9 Å². The molecule has 2 rings (SSSR count). The van der Waals surface area contributed by atoms with E-state index in [1.807, 2.05) is 64.0 Å². The predicted octanol–water partition coefficient (Wildman–Crippen LogP) is 3.03. The molecule has 0 aliphatic heterocycles. The van der Waals surface area contributed by atoms with Crippen LogP contribution in [-0.4, -0.2) is 24.1 Å². The molecule has 0 radical (unpaired) electrons. The Morgan fingerprint density at radius 3 is 2.25 bits per heavy atom. The Morgan fingerprint density at radius 2 is 1.62 bits per heavy atom. The van der Waals surface area contributed by atoms with E-state index in [2.05, 4.69) is 9.97 Å². The maximum Gasteiger partial charge on any atom is 0.139 e. The van der Waals surface area contributed by atoms with Gasteiger partial charge in [-0.25, -0.2) is 9.97 Å². The van der Waals surface area contributed by atoms with Gasteiger partial charge in [0.15, 0.2) is 0 Å². The summed E-state index contributed by atoms with van der Waals surface area (Å²) in [6.45, 7) is 5.92. The molecule has 86 valence electrons. The first-order chi connectivity index (χ1) is 7.68. The number of hydrogen-bond donors (Lipinski definition) is 0. The highest BCUT2D eigenvalue weighted by molar-refractivity contribution is 5.89. The van der Waals surface area contributed by atoms with Gasteiger partial charge in [-0.15, -0.1) is 0 Å². The number of hydrogen-bond acceptors (Lipinski definition) is 3. The third-order valence-electron chi connectivity index (χ3n) is 2.12. The maximum atomic E-state index is 4.42. The van der Waals surface area contributed by atoms with Gasteiger partial charge in [-0.1, -0.05) is 26.0 Å². The summed E-state index contributed by atoms with van der Waals surface area (Å²) in [4.78, 5) is 10.8. The van der Waals surface area contributed by atoms with Crippen molar-refractivity contribution in [2.75, 3.05) is 19.0 Å². The minimum atomic E-state index is 0.812. The normalized spacial score (nSPS) is 9.56. The third kappa shape index (κ3) is 2.48. The van der Waals surface area contributed by atoms with Gasteiger partial charge >= 0.3 is 0 Å². The molecule has 0 aliphatic carbocycles. The van der Waals surface area contributed by atoms with E-state index in [-0.39, 0.29) is 0 Å². The minimum Gasteiger partial charge on any atom is -0.362 e. The van der Waals surface area contributed by atoms with Crippen LogP contribution in [0.3, 0.4) is 0 Å². The number of aromatic nitrogens is 2. The van der Waals surface area contributed by atoms with Crippen LogP contribution in [0.1, 0.15) is 19.7 Å². The average Bonchev–Trinajstić information content (AvgIpc) is 2.30. The first kappa shape index (κ1) is 12.4. The van der Waals surface area contributed by atoms with Crippen molar-refractivity contribution in [2.24, 2.45) is 0 Å². The molecule has 0 aliphatic rings. The maximum absolute atomic E-state index is 4.42. The predicted molar refractivity (Wildman–Crippen MR) is 70.0 cm³/mol. The molecule has 1 aromatic heterocycles. The highest BCUT2D eigenvalue weighted by Gasteiger charge is 2.05. The number of para-hydroxylation sites is 1. The molecule has 0 amide bonds. The van der Waals surface area contributed by atoms with Crippen molar-refractivity contribution >= 4 is 16.7 Å². The molecule has 0 saturated carbocycles. The quantitative estimate of drug-likeness (QED) is 0.735. The Hall–Kier alpha value is -1.64. The second kappa shape index (κ2) is 5.45. The Morgan fingerprint density at radius 1 is 1.00 bits per heavy atom. The van der Waals surface area contributed by atoms with E-state index in [1.165, 1.54) is 0 Å². The highest BCUT2D eigenvalue weighted by Crippen LogP contribution is 2.21. The molecule has 0 spiro atoms. The van der Waals surface area contributed by atoms with Crippen LogP contribution in [0.2, 0.25) is 0 Å². The van der Waals surface area contributed by atoms with Gasteiger partial charge in [-0.3, -0.25) is 0 Å². The Labute approximate surface area is 97.1 Å². The molecule has 1 aromatic carbocycles. The number of anilines is 1. The Bertz CT molecular complexity index is 464. The SMILES string of the molecule is CC.Cc1nc(N(C)C)c2ccccc2n1. The van der Waals surface area contributed by atoms with Gasteiger partial charge in [-0.2, -0.15) is 0 Å². The molecular formula is C13H19N3. The lowest BCUT2D eigenvalue weighted by atomic mass is 10.2. The second-order valence-electron chi connectivity index (χ2n) is 3.51. The summed E-state index contributed by atoms with van der Waals surface area (Å²) >= 11 is 0. The first-order valence-corrected chi connectivity index (χ1v) is 5.59. The van der Waals surface area contributed by atoms with Crippen LogP contribution in [0.5, 0.6) is 0 Å². The third-order valence-corrected chi connectivity index (χ3v) is 2.12. The largest absolute Gasteiger partial charge is 0.362 e. The van der Waals surface area contributed by atoms with Gasteiger partial charge in [0, 0.05) is 19.5 Å². The van der Waals surface area contributed by atoms with Crippen molar-refractivity contribution in [1.29, 1.82) is 0 Å². The Kier molecular flexibility index (Phi) is 4.23. The van der Waals surface area contributed by atoms with E-state index >= 15 is 0 Å². The van der Waals surface area contributed by atoms with Crippen molar-refractivity contribution in [2.45, 2.75) is 20.8 Å². The lowest BCUT2D eigenvalue weighted by molar-refractivity contribution is 1.02. The molecule has 3 nitrogen and oxygen atoms in total. The fourth-order valence-corrected chi connectivity index (χ4v) is 1.51. The van der Waals surface area contributed by atoms with Crippen LogP contribution in [0.15, 0.2) is 24.3 Å². The molecule has 0 bridgehead atoms. The molecule has 16 heavy (non-hydrogen) atoms. The average molecular weight is 217 g/mol. The zero-order chi connectivity index (χ0) is 12.1. The molecule has 0 fully saturated rings. The summed E-state index contributed by atoms with van der Waals surface area (Å²) in [5.74, 6) is 1.79. The van der Waals surface area contributed by atoms with Crippen molar-refractivity contribution in [3.8, 4) is 0 Å². The van der Waals surface area contributed by atoms with Gasteiger partial charge in [0.2, 0.25) is 0 Å². The van der Waals surface area contributed by atoms with Gasteiger partial charge in [0.1, 0.15) is 11.6 Å². The van der Waals surface area contributed by atoms with E-state index in [0.717, 1.165) is 22.5 Å². The summed E-state index contributed by atoms with van der Waals surface area (Å²) in [5, 5.41) is 1.10. The van der Waals surface area contributed by atoms with Crippen molar-refractivity contribution in [3.63, 3.8) is 0 Å². The van der Waals surface area contributed by atoms with Crippen LogP contribution < -0.4 is 4.90 Å². The van der Waals surface area contributed by atoms with Gasteiger partial charge in [0.25, 0.3) is 0 Å². The van der Waals surface area contributed by atoms with Crippen LogP contribution in [-0.2, 0) is 0 Å². The van der Waals surface area contributed by atoms with Crippen molar-refractivity contribution in [1.82, 2.24) is 9.97 Å². The number of rotatable bonds is 1. The van der Waals surface area contributed by atoms with Gasteiger partial charge < -0.3 is 4.90 Å². The molecule has 0 unspecified atom stereocenters.